The fourth-order valence-electron chi connectivity index (χ4n) is 3.08. The molecule has 2 fully saturated rings. The zero-order chi connectivity index (χ0) is 13.3. The van der Waals surface area contributed by atoms with Crippen molar-refractivity contribution < 1.29 is 4.79 Å². The fraction of sp³-hybridized carbons (Fsp3) is 0.692. The van der Waals surface area contributed by atoms with Crippen molar-refractivity contribution in [2.24, 2.45) is 5.41 Å². The van der Waals surface area contributed by atoms with E-state index in [0.29, 0.717) is 17.1 Å². The molecule has 1 aromatic heterocycles. The number of likely N-dealkylation sites (tertiary alicyclic amines) is 1. The third kappa shape index (κ3) is 2.96. The number of amides is 1. The maximum Gasteiger partial charge on any atom is 0.240 e. The van der Waals surface area contributed by atoms with Gasteiger partial charge in [0.15, 0.2) is 5.13 Å². The topological polar surface area (TPSA) is 57.3 Å². The Morgan fingerprint density at radius 3 is 3.21 bits per heavy atom. The van der Waals surface area contributed by atoms with Crippen LogP contribution in [-0.4, -0.2) is 48.5 Å². The normalized spacial score (nSPS) is 27.2. The summed E-state index contributed by atoms with van der Waals surface area (Å²) in [6.07, 6.45) is 2.46. The van der Waals surface area contributed by atoms with Crippen LogP contribution in [0.4, 0.5) is 5.13 Å². The van der Waals surface area contributed by atoms with Gasteiger partial charge in [-0.05, 0) is 38.3 Å². The predicted octanol–water partition coefficient (Wildman–Crippen LogP) is 1.08. The molecule has 2 aliphatic heterocycles. The van der Waals surface area contributed by atoms with Gasteiger partial charge in [0.05, 0.1) is 12.2 Å². The second-order valence-electron chi connectivity index (χ2n) is 5.73. The van der Waals surface area contributed by atoms with Gasteiger partial charge < -0.3 is 10.6 Å². The quantitative estimate of drug-likeness (QED) is 0.870. The summed E-state index contributed by atoms with van der Waals surface area (Å²) in [7, 11) is 0. The summed E-state index contributed by atoms with van der Waals surface area (Å²) in [5, 5.41) is 8.97. The Balaban J connectivity index is 1.50. The van der Waals surface area contributed by atoms with Crippen LogP contribution in [0, 0.1) is 12.3 Å². The molecule has 3 heterocycles. The van der Waals surface area contributed by atoms with Gasteiger partial charge in [-0.1, -0.05) is 0 Å². The van der Waals surface area contributed by atoms with Gasteiger partial charge in [-0.2, -0.15) is 0 Å². The second kappa shape index (κ2) is 5.19. The number of aromatic nitrogens is 1. The molecule has 2 saturated heterocycles. The molecular formula is C13H20N4OS. The molecule has 2 N–H and O–H groups in total. The molecule has 5 nitrogen and oxygen atoms in total. The lowest BCUT2D eigenvalue weighted by Crippen LogP contribution is -2.34. The van der Waals surface area contributed by atoms with E-state index in [-0.39, 0.29) is 5.91 Å². The highest BCUT2D eigenvalue weighted by atomic mass is 32.1. The van der Waals surface area contributed by atoms with E-state index >= 15 is 0 Å². The van der Waals surface area contributed by atoms with Crippen LogP contribution in [-0.2, 0) is 4.79 Å². The van der Waals surface area contributed by atoms with Crippen molar-refractivity contribution in [2.45, 2.75) is 19.8 Å². The van der Waals surface area contributed by atoms with E-state index < -0.39 is 0 Å². The highest BCUT2D eigenvalue weighted by Crippen LogP contribution is 2.35. The lowest BCUT2D eigenvalue weighted by atomic mass is 9.87. The van der Waals surface area contributed by atoms with Gasteiger partial charge in [-0.25, -0.2) is 4.98 Å². The minimum Gasteiger partial charge on any atom is -0.316 e. The lowest BCUT2D eigenvalue weighted by molar-refractivity contribution is -0.117. The maximum atomic E-state index is 12.0. The molecule has 0 aromatic carbocycles. The van der Waals surface area contributed by atoms with Crippen molar-refractivity contribution in [3.63, 3.8) is 0 Å². The largest absolute Gasteiger partial charge is 0.316 e. The fourth-order valence-corrected chi connectivity index (χ4v) is 3.78. The number of nitrogens with one attached hydrogen (secondary N) is 2. The van der Waals surface area contributed by atoms with Crippen LogP contribution in [0.5, 0.6) is 0 Å². The first kappa shape index (κ1) is 13.0. The molecule has 1 atom stereocenters. The molecule has 1 amide bonds. The number of hydrogen-bond donors (Lipinski definition) is 2. The summed E-state index contributed by atoms with van der Waals surface area (Å²) in [4.78, 5) is 18.5. The molecule has 19 heavy (non-hydrogen) atoms. The summed E-state index contributed by atoms with van der Waals surface area (Å²) in [6.45, 7) is 6.73. The number of aryl methyl sites for hydroxylation is 1. The first-order chi connectivity index (χ1) is 9.15. The summed E-state index contributed by atoms with van der Waals surface area (Å²) in [6, 6.07) is 0. The van der Waals surface area contributed by atoms with Gasteiger partial charge in [0.25, 0.3) is 0 Å². The third-order valence-corrected chi connectivity index (χ3v) is 4.96. The van der Waals surface area contributed by atoms with Gasteiger partial charge in [-0.15, -0.1) is 11.3 Å². The minimum absolute atomic E-state index is 0.0531. The van der Waals surface area contributed by atoms with E-state index in [1.54, 1.807) is 0 Å². The molecule has 2 aliphatic rings. The Labute approximate surface area is 117 Å². The molecular weight excluding hydrogens is 260 g/mol. The summed E-state index contributed by atoms with van der Waals surface area (Å²) < 4.78 is 0. The van der Waals surface area contributed by atoms with Crippen molar-refractivity contribution in [1.29, 1.82) is 0 Å². The highest BCUT2D eigenvalue weighted by molar-refractivity contribution is 7.13. The van der Waals surface area contributed by atoms with Crippen molar-refractivity contribution in [1.82, 2.24) is 15.2 Å². The number of anilines is 1. The van der Waals surface area contributed by atoms with Crippen LogP contribution in [0.3, 0.4) is 0 Å². The van der Waals surface area contributed by atoms with Gasteiger partial charge in [0, 0.05) is 18.5 Å². The predicted molar refractivity (Wildman–Crippen MR) is 76.5 cm³/mol. The summed E-state index contributed by atoms with van der Waals surface area (Å²) in [5.41, 5.74) is 1.38. The standard InChI is InChI=1S/C13H20N4OS/c1-10-7-19-12(15-10)16-11(18)6-17-5-3-13(9-17)2-4-14-8-13/h7,14H,2-6,8-9H2,1H3,(H,15,16,18). The molecule has 0 radical (unpaired) electrons. The Morgan fingerprint density at radius 1 is 1.63 bits per heavy atom. The van der Waals surface area contributed by atoms with E-state index in [1.165, 1.54) is 24.2 Å². The molecule has 1 aromatic rings. The zero-order valence-electron chi connectivity index (χ0n) is 11.2. The van der Waals surface area contributed by atoms with Crippen LogP contribution in [0.15, 0.2) is 5.38 Å². The van der Waals surface area contributed by atoms with Crippen LogP contribution in [0.2, 0.25) is 0 Å². The van der Waals surface area contributed by atoms with Crippen molar-refractivity contribution in [3.05, 3.63) is 11.1 Å². The molecule has 0 aliphatic carbocycles. The van der Waals surface area contributed by atoms with Gasteiger partial charge in [-0.3, -0.25) is 9.69 Å². The lowest BCUT2D eigenvalue weighted by Gasteiger charge is -2.22. The number of thiazole rings is 1. The number of carbonyl (C=O) groups is 1. The monoisotopic (exact) mass is 280 g/mol. The van der Waals surface area contributed by atoms with Crippen molar-refractivity contribution in [3.8, 4) is 0 Å². The molecule has 0 saturated carbocycles. The molecule has 1 unspecified atom stereocenters. The van der Waals surface area contributed by atoms with E-state index in [1.807, 2.05) is 12.3 Å². The third-order valence-electron chi connectivity index (χ3n) is 4.08. The summed E-state index contributed by atoms with van der Waals surface area (Å²) >= 11 is 1.48. The molecule has 104 valence electrons. The highest BCUT2D eigenvalue weighted by Gasteiger charge is 2.40. The Kier molecular flexibility index (Phi) is 3.56. The average Bonchev–Trinajstić information content (AvgIpc) is 3.05. The maximum absolute atomic E-state index is 12.0. The van der Waals surface area contributed by atoms with Crippen LogP contribution in [0.1, 0.15) is 18.5 Å². The van der Waals surface area contributed by atoms with Gasteiger partial charge >= 0.3 is 0 Å². The Bertz CT molecular complexity index is 467. The van der Waals surface area contributed by atoms with Gasteiger partial charge in [0.1, 0.15) is 0 Å². The number of nitrogens with zero attached hydrogens (tertiary/aromatic N) is 2. The van der Waals surface area contributed by atoms with Crippen LogP contribution >= 0.6 is 11.3 Å². The van der Waals surface area contributed by atoms with Crippen molar-refractivity contribution in [2.75, 3.05) is 38.0 Å². The molecule has 1 spiro atoms. The first-order valence-electron chi connectivity index (χ1n) is 6.80. The number of hydrogen-bond acceptors (Lipinski definition) is 5. The zero-order valence-corrected chi connectivity index (χ0v) is 12.1. The second-order valence-corrected chi connectivity index (χ2v) is 6.59. The first-order valence-corrected chi connectivity index (χ1v) is 7.68. The van der Waals surface area contributed by atoms with E-state index in [9.17, 15) is 4.79 Å². The van der Waals surface area contributed by atoms with E-state index in [4.69, 9.17) is 0 Å². The SMILES string of the molecule is Cc1csc(NC(=O)CN2CCC3(CCNC3)C2)n1. The Hall–Kier alpha value is -0.980. The van der Waals surface area contributed by atoms with Crippen LogP contribution in [0.25, 0.3) is 0 Å². The average molecular weight is 280 g/mol. The number of rotatable bonds is 3. The smallest absolute Gasteiger partial charge is 0.240 e. The van der Waals surface area contributed by atoms with Gasteiger partial charge in [0.2, 0.25) is 5.91 Å². The number of carbonyl (C=O) groups excluding carboxylic acids is 1. The molecule has 3 rings (SSSR count). The minimum atomic E-state index is 0.0531. The summed E-state index contributed by atoms with van der Waals surface area (Å²) in [5.74, 6) is 0.0531. The Morgan fingerprint density at radius 2 is 2.53 bits per heavy atom. The van der Waals surface area contributed by atoms with Crippen LogP contribution < -0.4 is 10.6 Å². The molecule has 6 heteroatoms. The van der Waals surface area contributed by atoms with E-state index in [2.05, 4.69) is 20.5 Å². The van der Waals surface area contributed by atoms with E-state index in [0.717, 1.165) is 31.9 Å². The van der Waals surface area contributed by atoms with Crippen molar-refractivity contribution >= 4 is 22.4 Å². The molecule has 0 bridgehead atoms.